The standard InChI is InChI=1S/C18H13Cl2N5O2S/c1-9-22-23-18-25(9)24-17(28-18)11-4-6-15(27-2)14(8-11)21-16(26)10-3-5-12(19)13(20)7-10/h3-8H,1-2H3,(H,21,26). The molecule has 0 aliphatic rings. The zero-order valence-corrected chi connectivity index (χ0v) is 17.1. The van der Waals surface area contributed by atoms with E-state index in [-0.39, 0.29) is 5.91 Å². The molecule has 0 spiro atoms. The van der Waals surface area contributed by atoms with E-state index in [0.29, 0.717) is 37.8 Å². The Bertz CT molecular complexity index is 1200. The van der Waals surface area contributed by atoms with Crippen molar-refractivity contribution >= 4 is 51.1 Å². The topological polar surface area (TPSA) is 81.4 Å². The summed E-state index contributed by atoms with van der Waals surface area (Å²) in [5.74, 6) is 0.901. The van der Waals surface area contributed by atoms with Gasteiger partial charge in [-0.05, 0) is 43.3 Å². The van der Waals surface area contributed by atoms with Gasteiger partial charge in [-0.1, -0.05) is 34.5 Å². The molecule has 2 heterocycles. The third-order valence-electron chi connectivity index (χ3n) is 4.02. The van der Waals surface area contributed by atoms with Crippen LogP contribution in [0.25, 0.3) is 15.5 Å². The Morgan fingerprint density at radius 3 is 2.68 bits per heavy atom. The summed E-state index contributed by atoms with van der Waals surface area (Å²) >= 11 is 13.3. The summed E-state index contributed by atoms with van der Waals surface area (Å²) in [6.07, 6.45) is 0. The second-order valence-electron chi connectivity index (χ2n) is 5.85. The highest BCUT2D eigenvalue weighted by atomic mass is 35.5. The van der Waals surface area contributed by atoms with Crippen LogP contribution in [0.2, 0.25) is 10.0 Å². The first-order valence-electron chi connectivity index (χ1n) is 8.10. The number of hydrogen-bond donors (Lipinski definition) is 1. The molecule has 0 atom stereocenters. The van der Waals surface area contributed by atoms with Gasteiger partial charge in [0.05, 0.1) is 22.8 Å². The highest BCUT2D eigenvalue weighted by Crippen LogP contribution is 2.33. The number of methoxy groups -OCH3 is 1. The van der Waals surface area contributed by atoms with Crippen molar-refractivity contribution in [2.24, 2.45) is 0 Å². The van der Waals surface area contributed by atoms with Gasteiger partial charge >= 0.3 is 0 Å². The van der Waals surface area contributed by atoms with E-state index in [4.69, 9.17) is 27.9 Å². The molecule has 10 heteroatoms. The number of nitrogens with zero attached hydrogens (tertiary/aromatic N) is 4. The molecule has 0 bridgehead atoms. The van der Waals surface area contributed by atoms with E-state index in [1.54, 1.807) is 28.8 Å². The summed E-state index contributed by atoms with van der Waals surface area (Å²) in [4.78, 5) is 13.3. The molecule has 1 N–H and O–H groups in total. The Morgan fingerprint density at radius 1 is 1.14 bits per heavy atom. The lowest BCUT2D eigenvalue weighted by molar-refractivity contribution is 0.102. The van der Waals surface area contributed by atoms with E-state index in [1.807, 2.05) is 13.0 Å². The van der Waals surface area contributed by atoms with Crippen LogP contribution in [0.1, 0.15) is 16.2 Å². The first kappa shape index (κ1) is 18.7. The molecule has 0 radical (unpaired) electrons. The van der Waals surface area contributed by atoms with Crippen LogP contribution in [0.4, 0.5) is 5.69 Å². The van der Waals surface area contributed by atoms with Crippen molar-refractivity contribution in [2.45, 2.75) is 6.92 Å². The van der Waals surface area contributed by atoms with Gasteiger partial charge in [0, 0.05) is 11.1 Å². The van der Waals surface area contributed by atoms with Crippen molar-refractivity contribution in [2.75, 3.05) is 12.4 Å². The van der Waals surface area contributed by atoms with E-state index in [2.05, 4.69) is 20.6 Å². The molecular formula is C18H13Cl2N5O2S. The normalized spacial score (nSPS) is 11.0. The van der Waals surface area contributed by atoms with Crippen LogP contribution >= 0.6 is 34.5 Å². The fourth-order valence-corrected chi connectivity index (χ4v) is 3.78. The van der Waals surface area contributed by atoms with Crippen LogP contribution in [0.15, 0.2) is 36.4 Å². The molecule has 4 rings (SSSR count). The number of hydrogen-bond acceptors (Lipinski definition) is 6. The molecule has 0 fully saturated rings. The molecule has 0 saturated heterocycles. The van der Waals surface area contributed by atoms with Crippen LogP contribution in [0, 0.1) is 6.92 Å². The van der Waals surface area contributed by atoms with E-state index in [1.165, 1.54) is 24.5 Å². The Labute approximate surface area is 173 Å². The van der Waals surface area contributed by atoms with Crippen LogP contribution in [0.5, 0.6) is 5.75 Å². The molecule has 1 amide bonds. The molecule has 2 aromatic heterocycles. The number of anilines is 1. The van der Waals surface area contributed by atoms with Crippen molar-refractivity contribution in [3.05, 3.63) is 57.8 Å². The zero-order valence-electron chi connectivity index (χ0n) is 14.7. The summed E-state index contributed by atoms with van der Waals surface area (Å²) in [6.45, 7) is 1.83. The molecule has 0 saturated carbocycles. The van der Waals surface area contributed by atoms with Gasteiger partial charge in [0.2, 0.25) is 4.96 Å². The number of rotatable bonds is 4. The van der Waals surface area contributed by atoms with Gasteiger partial charge in [0.1, 0.15) is 10.8 Å². The molecule has 4 aromatic rings. The Kier molecular flexibility index (Phi) is 4.92. The summed E-state index contributed by atoms with van der Waals surface area (Å²) in [5, 5.41) is 16.9. The maximum atomic E-state index is 12.6. The fourth-order valence-electron chi connectivity index (χ4n) is 2.60. The number of halogens is 2. The predicted octanol–water partition coefficient (Wildman–Crippen LogP) is 4.73. The van der Waals surface area contributed by atoms with Crippen molar-refractivity contribution in [3.8, 4) is 16.3 Å². The average Bonchev–Trinajstić information content (AvgIpc) is 3.26. The minimum Gasteiger partial charge on any atom is -0.495 e. The molecular weight excluding hydrogens is 421 g/mol. The summed E-state index contributed by atoms with van der Waals surface area (Å²) in [6, 6.07) is 10.1. The highest BCUT2D eigenvalue weighted by molar-refractivity contribution is 7.19. The SMILES string of the molecule is COc1ccc(-c2nn3c(C)nnc3s2)cc1NC(=O)c1ccc(Cl)c(Cl)c1. The average molecular weight is 434 g/mol. The van der Waals surface area contributed by atoms with Gasteiger partial charge in [-0.3, -0.25) is 4.79 Å². The number of benzene rings is 2. The monoisotopic (exact) mass is 433 g/mol. The summed E-state index contributed by atoms with van der Waals surface area (Å²) < 4.78 is 7.05. The van der Waals surface area contributed by atoms with Crippen molar-refractivity contribution < 1.29 is 9.53 Å². The van der Waals surface area contributed by atoms with E-state index < -0.39 is 0 Å². The first-order valence-corrected chi connectivity index (χ1v) is 9.67. The van der Waals surface area contributed by atoms with E-state index in [9.17, 15) is 4.79 Å². The smallest absolute Gasteiger partial charge is 0.255 e. The molecule has 0 aliphatic heterocycles. The number of amides is 1. The van der Waals surface area contributed by atoms with Crippen molar-refractivity contribution in [1.29, 1.82) is 0 Å². The quantitative estimate of drug-likeness (QED) is 0.502. The molecule has 0 aliphatic carbocycles. The molecule has 2 aromatic carbocycles. The second-order valence-corrected chi connectivity index (χ2v) is 7.62. The van der Waals surface area contributed by atoms with Crippen LogP contribution in [-0.2, 0) is 0 Å². The number of ether oxygens (including phenoxy) is 1. The number of fused-ring (bicyclic) bond motifs is 1. The summed E-state index contributed by atoms with van der Waals surface area (Å²) in [5.41, 5.74) is 1.72. The number of aryl methyl sites for hydroxylation is 1. The number of aromatic nitrogens is 4. The Balaban J connectivity index is 1.68. The predicted molar refractivity (Wildman–Crippen MR) is 110 cm³/mol. The third-order valence-corrected chi connectivity index (χ3v) is 5.71. The highest BCUT2D eigenvalue weighted by Gasteiger charge is 2.15. The van der Waals surface area contributed by atoms with Gasteiger partial charge < -0.3 is 10.1 Å². The lowest BCUT2D eigenvalue weighted by atomic mass is 10.1. The van der Waals surface area contributed by atoms with Crippen molar-refractivity contribution in [3.63, 3.8) is 0 Å². The minimum absolute atomic E-state index is 0.310. The number of carbonyl (C=O) groups excluding carboxylic acids is 1. The van der Waals surface area contributed by atoms with Crippen LogP contribution in [0.3, 0.4) is 0 Å². The minimum atomic E-state index is -0.331. The van der Waals surface area contributed by atoms with Gasteiger partial charge in [0.15, 0.2) is 5.82 Å². The van der Waals surface area contributed by atoms with Crippen molar-refractivity contribution in [1.82, 2.24) is 19.8 Å². The first-order chi connectivity index (χ1) is 13.5. The van der Waals surface area contributed by atoms with Gasteiger partial charge in [-0.2, -0.15) is 9.61 Å². The van der Waals surface area contributed by atoms with Crippen LogP contribution < -0.4 is 10.1 Å². The second kappa shape index (κ2) is 7.38. The fraction of sp³-hybridized carbons (Fsp3) is 0.111. The maximum absolute atomic E-state index is 12.6. The van der Waals surface area contributed by atoms with Gasteiger partial charge in [-0.25, -0.2) is 0 Å². The van der Waals surface area contributed by atoms with Gasteiger partial charge in [-0.15, -0.1) is 10.2 Å². The largest absolute Gasteiger partial charge is 0.495 e. The lowest BCUT2D eigenvalue weighted by Gasteiger charge is -2.12. The summed E-state index contributed by atoms with van der Waals surface area (Å²) in [7, 11) is 1.54. The molecule has 28 heavy (non-hydrogen) atoms. The number of nitrogens with one attached hydrogen (secondary N) is 1. The lowest BCUT2D eigenvalue weighted by Crippen LogP contribution is -2.12. The maximum Gasteiger partial charge on any atom is 0.255 e. The molecule has 7 nitrogen and oxygen atoms in total. The Hall–Kier alpha value is -2.68. The van der Waals surface area contributed by atoms with Gasteiger partial charge in [0.25, 0.3) is 5.91 Å². The molecule has 0 unspecified atom stereocenters. The third kappa shape index (κ3) is 3.42. The van der Waals surface area contributed by atoms with E-state index in [0.717, 1.165) is 10.6 Å². The Morgan fingerprint density at radius 2 is 1.96 bits per heavy atom. The molecule has 142 valence electrons. The van der Waals surface area contributed by atoms with E-state index >= 15 is 0 Å². The van der Waals surface area contributed by atoms with Crippen LogP contribution in [-0.4, -0.2) is 32.8 Å². The number of carbonyl (C=O) groups is 1. The zero-order chi connectivity index (χ0) is 19.8.